The van der Waals surface area contributed by atoms with E-state index in [4.69, 9.17) is 21.1 Å². The van der Waals surface area contributed by atoms with Gasteiger partial charge in [0.15, 0.2) is 0 Å². The molecular formula is C15H20ClNO3. The molecular weight excluding hydrogens is 278 g/mol. The standard InChI is InChI=1S/C15H20ClNO3/c1-2-20-15(18)14(11-6-8-19-9-7-11)17-13-5-3-4-12(16)10-13/h3-5,10-11,14,17H,2,6-9H2,1H3. The lowest BCUT2D eigenvalue weighted by Crippen LogP contribution is -2.41. The predicted octanol–water partition coefficient (Wildman–Crippen LogP) is 3.11. The molecule has 1 heterocycles. The van der Waals surface area contributed by atoms with Crippen LogP contribution >= 0.6 is 11.6 Å². The number of benzene rings is 1. The number of nitrogens with one attached hydrogen (secondary N) is 1. The highest BCUT2D eigenvalue weighted by atomic mass is 35.5. The lowest BCUT2D eigenvalue weighted by Gasteiger charge is -2.30. The van der Waals surface area contributed by atoms with E-state index in [-0.39, 0.29) is 17.9 Å². The third-order valence-electron chi connectivity index (χ3n) is 3.42. The molecule has 0 saturated carbocycles. The summed E-state index contributed by atoms with van der Waals surface area (Å²) in [5, 5.41) is 3.90. The van der Waals surface area contributed by atoms with E-state index in [2.05, 4.69) is 5.32 Å². The van der Waals surface area contributed by atoms with Crippen molar-refractivity contribution in [1.29, 1.82) is 0 Å². The third kappa shape index (κ3) is 4.12. The molecule has 2 rings (SSSR count). The zero-order valence-electron chi connectivity index (χ0n) is 11.6. The molecule has 0 spiro atoms. The number of carbonyl (C=O) groups is 1. The Kier molecular flexibility index (Phi) is 5.68. The molecule has 110 valence electrons. The van der Waals surface area contributed by atoms with Crippen molar-refractivity contribution >= 4 is 23.3 Å². The molecule has 1 saturated heterocycles. The van der Waals surface area contributed by atoms with Crippen LogP contribution in [-0.4, -0.2) is 31.8 Å². The minimum absolute atomic E-state index is 0.209. The van der Waals surface area contributed by atoms with E-state index in [0.717, 1.165) is 18.5 Å². The molecule has 1 atom stereocenters. The molecule has 1 unspecified atom stereocenters. The smallest absolute Gasteiger partial charge is 0.328 e. The highest BCUT2D eigenvalue weighted by molar-refractivity contribution is 6.30. The van der Waals surface area contributed by atoms with E-state index < -0.39 is 0 Å². The summed E-state index contributed by atoms with van der Waals surface area (Å²) in [6, 6.07) is 7.03. The zero-order chi connectivity index (χ0) is 14.4. The van der Waals surface area contributed by atoms with Gasteiger partial charge in [-0.15, -0.1) is 0 Å². The minimum atomic E-state index is -0.350. The molecule has 0 radical (unpaired) electrons. The molecule has 1 N–H and O–H groups in total. The van der Waals surface area contributed by atoms with Gasteiger partial charge in [-0.1, -0.05) is 17.7 Å². The van der Waals surface area contributed by atoms with Crippen molar-refractivity contribution in [3.05, 3.63) is 29.3 Å². The van der Waals surface area contributed by atoms with Crippen LogP contribution in [0, 0.1) is 5.92 Å². The summed E-state index contributed by atoms with van der Waals surface area (Å²) in [4.78, 5) is 12.2. The first-order valence-electron chi connectivity index (χ1n) is 6.97. The second-order valence-corrected chi connectivity index (χ2v) is 5.27. The SMILES string of the molecule is CCOC(=O)C(Nc1cccc(Cl)c1)C1CCOCC1. The molecule has 0 bridgehead atoms. The molecule has 1 fully saturated rings. The van der Waals surface area contributed by atoms with Crippen LogP contribution in [0.5, 0.6) is 0 Å². The molecule has 1 aliphatic heterocycles. The molecule has 1 aromatic carbocycles. The summed E-state index contributed by atoms with van der Waals surface area (Å²) in [5.41, 5.74) is 0.835. The maximum atomic E-state index is 12.2. The zero-order valence-corrected chi connectivity index (χ0v) is 12.4. The topological polar surface area (TPSA) is 47.6 Å². The van der Waals surface area contributed by atoms with Gasteiger partial charge in [-0.2, -0.15) is 0 Å². The molecule has 0 amide bonds. The quantitative estimate of drug-likeness (QED) is 0.848. The fourth-order valence-electron chi connectivity index (χ4n) is 2.41. The monoisotopic (exact) mass is 297 g/mol. The largest absolute Gasteiger partial charge is 0.464 e. The van der Waals surface area contributed by atoms with Crippen molar-refractivity contribution in [3.63, 3.8) is 0 Å². The summed E-state index contributed by atoms with van der Waals surface area (Å²) in [6.45, 7) is 3.59. The van der Waals surface area contributed by atoms with Gasteiger partial charge in [0.2, 0.25) is 0 Å². The van der Waals surface area contributed by atoms with Crippen LogP contribution < -0.4 is 5.32 Å². The average Bonchev–Trinajstić information content (AvgIpc) is 2.46. The van der Waals surface area contributed by atoms with Gasteiger partial charge in [-0.3, -0.25) is 0 Å². The highest BCUT2D eigenvalue weighted by Crippen LogP contribution is 2.24. The van der Waals surface area contributed by atoms with Crippen LogP contribution in [0.1, 0.15) is 19.8 Å². The fraction of sp³-hybridized carbons (Fsp3) is 0.533. The number of ether oxygens (including phenoxy) is 2. The second-order valence-electron chi connectivity index (χ2n) is 4.83. The van der Waals surface area contributed by atoms with E-state index in [1.165, 1.54) is 0 Å². The number of halogens is 1. The Balaban J connectivity index is 2.10. The molecule has 0 aliphatic carbocycles. The van der Waals surface area contributed by atoms with Gasteiger partial charge in [-0.05, 0) is 43.9 Å². The van der Waals surface area contributed by atoms with Gasteiger partial charge in [0.05, 0.1) is 6.61 Å². The van der Waals surface area contributed by atoms with E-state index in [1.54, 1.807) is 6.07 Å². The minimum Gasteiger partial charge on any atom is -0.464 e. The first-order valence-corrected chi connectivity index (χ1v) is 7.35. The predicted molar refractivity (Wildman–Crippen MR) is 79.0 cm³/mol. The Morgan fingerprint density at radius 2 is 2.25 bits per heavy atom. The fourth-order valence-corrected chi connectivity index (χ4v) is 2.60. The molecule has 1 aromatic rings. The first-order chi connectivity index (χ1) is 9.70. The number of esters is 1. The van der Waals surface area contributed by atoms with Gasteiger partial charge < -0.3 is 14.8 Å². The lowest BCUT2D eigenvalue weighted by molar-refractivity contribution is -0.146. The molecule has 0 aromatic heterocycles. The number of carbonyl (C=O) groups excluding carboxylic acids is 1. The van der Waals surface area contributed by atoms with Crippen molar-refractivity contribution in [3.8, 4) is 0 Å². The summed E-state index contributed by atoms with van der Waals surface area (Å²) in [5.74, 6) is 0.0150. The molecule has 20 heavy (non-hydrogen) atoms. The van der Waals surface area contributed by atoms with Gasteiger partial charge >= 0.3 is 5.97 Å². The molecule has 1 aliphatic rings. The Hall–Kier alpha value is -1.26. The van der Waals surface area contributed by atoms with E-state index in [9.17, 15) is 4.79 Å². The molecule has 4 nitrogen and oxygen atoms in total. The van der Waals surface area contributed by atoms with Crippen molar-refractivity contribution in [2.75, 3.05) is 25.1 Å². The summed E-state index contributed by atoms with van der Waals surface area (Å²) in [7, 11) is 0. The van der Waals surface area contributed by atoms with E-state index in [1.807, 2.05) is 25.1 Å². The summed E-state index contributed by atoms with van der Waals surface area (Å²) >= 11 is 5.98. The second kappa shape index (κ2) is 7.50. The van der Waals surface area contributed by atoms with Crippen LogP contribution in [0.15, 0.2) is 24.3 Å². The van der Waals surface area contributed by atoms with Gasteiger partial charge in [-0.25, -0.2) is 4.79 Å². The first kappa shape index (κ1) is 15.1. The van der Waals surface area contributed by atoms with Crippen LogP contribution in [0.4, 0.5) is 5.69 Å². The van der Waals surface area contributed by atoms with Gasteiger partial charge in [0.25, 0.3) is 0 Å². The average molecular weight is 298 g/mol. The highest BCUT2D eigenvalue weighted by Gasteiger charge is 2.31. The number of rotatable bonds is 5. The van der Waals surface area contributed by atoms with Gasteiger partial charge in [0, 0.05) is 23.9 Å². The Bertz CT molecular complexity index is 446. The van der Waals surface area contributed by atoms with Crippen molar-refractivity contribution in [2.24, 2.45) is 5.92 Å². The van der Waals surface area contributed by atoms with Crippen LogP contribution in [0.2, 0.25) is 5.02 Å². The number of hydrogen-bond acceptors (Lipinski definition) is 4. The van der Waals surface area contributed by atoms with Crippen LogP contribution in [0.25, 0.3) is 0 Å². The Morgan fingerprint density at radius 1 is 1.50 bits per heavy atom. The molecule has 5 heteroatoms. The maximum absolute atomic E-state index is 12.2. The van der Waals surface area contributed by atoms with Crippen molar-refractivity contribution in [1.82, 2.24) is 0 Å². The number of hydrogen-bond donors (Lipinski definition) is 1. The van der Waals surface area contributed by atoms with Crippen molar-refractivity contribution in [2.45, 2.75) is 25.8 Å². The van der Waals surface area contributed by atoms with Crippen molar-refractivity contribution < 1.29 is 14.3 Å². The Labute approximate surface area is 124 Å². The van der Waals surface area contributed by atoms with E-state index >= 15 is 0 Å². The van der Waals surface area contributed by atoms with Gasteiger partial charge in [0.1, 0.15) is 6.04 Å². The number of anilines is 1. The summed E-state index contributed by atoms with van der Waals surface area (Å²) < 4.78 is 10.5. The van der Waals surface area contributed by atoms with E-state index in [0.29, 0.717) is 24.8 Å². The van der Waals surface area contributed by atoms with Crippen LogP contribution in [-0.2, 0) is 14.3 Å². The third-order valence-corrected chi connectivity index (χ3v) is 3.66. The maximum Gasteiger partial charge on any atom is 0.328 e. The lowest BCUT2D eigenvalue weighted by atomic mass is 9.91. The Morgan fingerprint density at radius 3 is 2.90 bits per heavy atom. The summed E-state index contributed by atoms with van der Waals surface area (Å²) in [6.07, 6.45) is 1.72. The normalized spacial score (nSPS) is 17.5. The van der Waals surface area contributed by atoms with Crippen LogP contribution in [0.3, 0.4) is 0 Å².